The van der Waals surface area contributed by atoms with Crippen LogP contribution in [0.25, 0.3) is 10.8 Å². The van der Waals surface area contributed by atoms with Gasteiger partial charge in [-0.3, -0.25) is 0 Å². The van der Waals surface area contributed by atoms with Crippen molar-refractivity contribution in [3.63, 3.8) is 0 Å². The Morgan fingerprint density at radius 1 is 0.958 bits per heavy atom. The van der Waals surface area contributed by atoms with Crippen LogP contribution in [0.3, 0.4) is 0 Å². The topological polar surface area (TPSA) is 0 Å². The van der Waals surface area contributed by atoms with Crippen molar-refractivity contribution in [2.75, 3.05) is 0 Å². The summed E-state index contributed by atoms with van der Waals surface area (Å²) in [4.78, 5) is 0. The molecule has 0 heterocycles. The molecule has 24 heavy (non-hydrogen) atoms. The fourth-order valence-corrected chi connectivity index (χ4v) is 2.65. The molecule has 0 saturated carbocycles. The van der Waals surface area contributed by atoms with Crippen LogP contribution in [0.4, 0.5) is 4.39 Å². The summed E-state index contributed by atoms with van der Waals surface area (Å²) in [5.41, 5.74) is 3.82. The maximum Gasteiger partial charge on any atom is 0.133 e. The van der Waals surface area contributed by atoms with Crippen LogP contribution < -0.4 is 0 Å². The molecule has 0 amide bonds. The monoisotopic (exact) mass is 314 g/mol. The van der Waals surface area contributed by atoms with Crippen molar-refractivity contribution in [1.82, 2.24) is 0 Å². The third-order valence-corrected chi connectivity index (χ3v) is 4.09. The third-order valence-electron chi connectivity index (χ3n) is 4.09. The van der Waals surface area contributed by atoms with Crippen LogP contribution in [0.5, 0.6) is 0 Å². The first-order valence-electron chi connectivity index (χ1n) is 8.08. The van der Waals surface area contributed by atoms with Crippen LogP contribution in [0.15, 0.2) is 67.3 Å². The van der Waals surface area contributed by atoms with E-state index in [2.05, 4.69) is 30.6 Å². The fourth-order valence-electron chi connectivity index (χ4n) is 2.65. The highest BCUT2D eigenvalue weighted by Crippen LogP contribution is 2.21. The highest BCUT2D eigenvalue weighted by molar-refractivity contribution is 5.85. The van der Waals surface area contributed by atoms with E-state index in [1.165, 1.54) is 5.56 Å². The summed E-state index contributed by atoms with van der Waals surface area (Å²) in [5.74, 6) is 6.18. The molecule has 0 aliphatic rings. The van der Waals surface area contributed by atoms with E-state index in [9.17, 15) is 4.39 Å². The highest BCUT2D eigenvalue weighted by atomic mass is 19.1. The Kier molecular flexibility index (Phi) is 4.77. The summed E-state index contributed by atoms with van der Waals surface area (Å²) in [5, 5.41) is 1.52. The number of fused-ring (bicyclic) bond motifs is 1. The Morgan fingerprint density at radius 3 is 2.42 bits per heavy atom. The van der Waals surface area contributed by atoms with Crippen LogP contribution in [0.1, 0.15) is 28.7 Å². The molecule has 0 unspecified atom stereocenters. The third kappa shape index (κ3) is 3.55. The molecular weight excluding hydrogens is 295 g/mol. The number of benzene rings is 3. The Labute approximate surface area is 142 Å². The molecule has 118 valence electrons. The minimum Gasteiger partial charge on any atom is -0.206 e. The highest BCUT2D eigenvalue weighted by Gasteiger charge is 2.03. The van der Waals surface area contributed by atoms with Crippen molar-refractivity contribution >= 4 is 10.8 Å². The molecule has 0 radical (unpaired) electrons. The van der Waals surface area contributed by atoms with Gasteiger partial charge < -0.3 is 0 Å². The summed E-state index contributed by atoms with van der Waals surface area (Å²) in [6.45, 7) is 5.52. The molecule has 3 rings (SSSR count). The molecule has 0 nitrogen and oxygen atoms in total. The number of hydrogen-bond donors (Lipinski definition) is 0. The zero-order valence-corrected chi connectivity index (χ0v) is 13.8. The van der Waals surface area contributed by atoms with Gasteiger partial charge in [0.15, 0.2) is 0 Å². The fraction of sp³-hybridized carbons (Fsp3) is 0.130. The summed E-state index contributed by atoms with van der Waals surface area (Å²) in [6, 6.07) is 17.6. The molecule has 3 aromatic rings. The first-order valence-corrected chi connectivity index (χ1v) is 8.08. The van der Waals surface area contributed by atoms with Crippen molar-refractivity contribution in [2.45, 2.75) is 19.8 Å². The van der Waals surface area contributed by atoms with E-state index in [0.717, 1.165) is 29.4 Å². The molecule has 0 atom stereocenters. The predicted molar refractivity (Wildman–Crippen MR) is 99.6 cm³/mol. The minimum atomic E-state index is -0.151. The average Bonchev–Trinajstić information content (AvgIpc) is 2.62. The Balaban J connectivity index is 1.84. The van der Waals surface area contributed by atoms with Gasteiger partial charge in [0, 0.05) is 16.5 Å². The molecule has 0 saturated heterocycles. The first kappa shape index (κ1) is 16.0. The lowest BCUT2D eigenvalue weighted by Crippen LogP contribution is -1.86. The van der Waals surface area contributed by atoms with E-state index in [0.29, 0.717) is 10.9 Å². The van der Waals surface area contributed by atoms with Crippen molar-refractivity contribution in [3.8, 4) is 11.8 Å². The van der Waals surface area contributed by atoms with Crippen LogP contribution in [0.2, 0.25) is 0 Å². The van der Waals surface area contributed by atoms with Gasteiger partial charge >= 0.3 is 0 Å². The van der Waals surface area contributed by atoms with Crippen molar-refractivity contribution in [3.05, 3.63) is 95.3 Å². The lowest BCUT2D eigenvalue weighted by Gasteiger charge is -2.03. The van der Waals surface area contributed by atoms with Gasteiger partial charge in [-0.25, -0.2) is 4.39 Å². The minimum absolute atomic E-state index is 0.151. The maximum absolute atomic E-state index is 14.1. The van der Waals surface area contributed by atoms with Gasteiger partial charge in [0.1, 0.15) is 5.82 Å². The standard InChI is InChI=1S/C23H19F/c1-3-4-5-18-7-9-19(10-8-18)11-12-20-13-15-22-21(16-20)14-6-17(2)23(22)24/h3,6-10,13-16H,1,4-5H2,2H3. The molecule has 0 N–H and O–H groups in total. The van der Waals surface area contributed by atoms with E-state index in [4.69, 9.17) is 0 Å². The normalized spacial score (nSPS) is 10.2. The second kappa shape index (κ2) is 7.15. The van der Waals surface area contributed by atoms with Crippen molar-refractivity contribution in [2.24, 2.45) is 0 Å². The number of aryl methyl sites for hydroxylation is 2. The molecule has 0 spiro atoms. The van der Waals surface area contributed by atoms with Crippen LogP contribution in [0, 0.1) is 24.6 Å². The second-order valence-corrected chi connectivity index (χ2v) is 5.91. The summed E-state index contributed by atoms with van der Waals surface area (Å²) in [7, 11) is 0. The van der Waals surface area contributed by atoms with Crippen LogP contribution in [-0.4, -0.2) is 0 Å². The molecule has 0 bridgehead atoms. The lowest BCUT2D eigenvalue weighted by molar-refractivity contribution is 0.631. The van der Waals surface area contributed by atoms with Gasteiger partial charge in [0.05, 0.1) is 0 Å². The molecule has 1 heteroatoms. The van der Waals surface area contributed by atoms with E-state index in [1.807, 2.05) is 36.4 Å². The van der Waals surface area contributed by atoms with Crippen molar-refractivity contribution < 1.29 is 4.39 Å². The Hall–Kier alpha value is -2.85. The molecule has 0 fully saturated rings. The number of hydrogen-bond acceptors (Lipinski definition) is 0. The van der Waals surface area contributed by atoms with Gasteiger partial charge in [-0.05, 0) is 60.5 Å². The Bertz CT molecular complexity index is 937. The van der Waals surface area contributed by atoms with E-state index in [1.54, 1.807) is 19.1 Å². The average molecular weight is 314 g/mol. The smallest absolute Gasteiger partial charge is 0.133 e. The SMILES string of the molecule is C=CCCc1ccc(C#Cc2ccc3c(F)c(C)ccc3c2)cc1. The van der Waals surface area contributed by atoms with E-state index < -0.39 is 0 Å². The first-order chi connectivity index (χ1) is 11.7. The maximum atomic E-state index is 14.1. The molecule has 0 aliphatic heterocycles. The molecule has 3 aromatic carbocycles. The molecule has 0 aromatic heterocycles. The van der Waals surface area contributed by atoms with Gasteiger partial charge in [0.25, 0.3) is 0 Å². The zero-order valence-electron chi connectivity index (χ0n) is 13.8. The summed E-state index contributed by atoms with van der Waals surface area (Å²) < 4.78 is 14.1. The van der Waals surface area contributed by atoms with E-state index in [-0.39, 0.29) is 5.82 Å². The number of halogens is 1. The van der Waals surface area contributed by atoms with Gasteiger partial charge in [-0.1, -0.05) is 48.2 Å². The van der Waals surface area contributed by atoms with E-state index >= 15 is 0 Å². The quantitative estimate of drug-likeness (QED) is 0.423. The van der Waals surface area contributed by atoms with Crippen molar-refractivity contribution in [1.29, 1.82) is 0 Å². The molecule has 0 aliphatic carbocycles. The number of allylic oxidation sites excluding steroid dienone is 1. The van der Waals surface area contributed by atoms with Crippen LogP contribution >= 0.6 is 0 Å². The second-order valence-electron chi connectivity index (χ2n) is 5.91. The van der Waals surface area contributed by atoms with Gasteiger partial charge in [-0.15, -0.1) is 6.58 Å². The zero-order chi connectivity index (χ0) is 16.9. The predicted octanol–water partition coefficient (Wildman–Crippen LogP) is 5.81. The largest absolute Gasteiger partial charge is 0.206 e. The number of rotatable bonds is 3. The van der Waals surface area contributed by atoms with Gasteiger partial charge in [-0.2, -0.15) is 0 Å². The lowest BCUT2D eigenvalue weighted by atomic mass is 10.0. The van der Waals surface area contributed by atoms with Crippen LogP contribution in [-0.2, 0) is 6.42 Å². The summed E-state index contributed by atoms with van der Waals surface area (Å²) >= 11 is 0. The molecular formula is C23H19F. The van der Waals surface area contributed by atoms with Gasteiger partial charge in [0.2, 0.25) is 0 Å². The Morgan fingerprint density at radius 2 is 1.67 bits per heavy atom. The summed E-state index contributed by atoms with van der Waals surface area (Å²) in [6.07, 6.45) is 3.92.